The van der Waals surface area contributed by atoms with Crippen molar-refractivity contribution >= 4 is 16.7 Å². The first kappa shape index (κ1) is 12.0. The summed E-state index contributed by atoms with van der Waals surface area (Å²) in [6.45, 7) is 0. The molecule has 0 bridgehead atoms. The van der Waals surface area contributed by atoms with Crippen molar-refractivity contribution in [3.05, 3.63) is 42.0 Å². The highest BCUT2D eigenvalue weighted by Gasteiger charge is 2.35. The number of aliphatic carboxylic acids is 1. The van der Waals surface area contributed by atoms with Gasteiger partial charge in [-0.3, -0.25) is 4.79 Å². The van der Waals surface area contributed by atoms with Gasteiger partial charge in [0.1, 0.15) is 5.75 Å². The lowest BCUT2D eigenvalue weighted by atomic mass is 9.86. The lowest BCUT2D eigenvalue weighted by Crippen LogP contribution is -2.09. The number of phenols is 1. The number of rotatable bonds is 4. The number of fused-ring (bicyclic) bond motifs is 1. The second-order valence-corrected chi connectivity index (χ2v) is 5.26. The van der Waals surface area contributed by atoms with E-state index in [2.05, 4.69) is 0 Å². The Bertz CT molecular complexity index is 629. The van der Waals surface area contributed by atoms with Crippen molar-refractivity contribution in [1.82, 2.24) is 0 Å². The van der Waals surface area contributed by atoms with Crippen LogP contribution in [0.1, 0.15) is 30.7 Å². The van der Waals surface area contributed by atoms with Gasteiger partial charge in [-0.1, -0.05) is 30.3 Å². The minimum absolute atomic E-state index is 0.0800. The van der Waals surface area contributed by atoms with E-state index < -0.39 is 5.97 Å². The quantitative estimate of drug-likeness (QED) is 0.880. The average Bonchev–Trinajstić information content (AvgIpc) is 3.20. The highest BCUT2D eigenvalue weighted by Crippen LogP contribution is 2.48. The Morgan fingerprint density at radius 2 is 1.95 bits per heavy atom. The fourth-order valence-electron chi connectivity index (χ4n) is 2.86. The number of carboxylic acids is 1. The van der Waals surface area contributed by atoms with E-state index in [4.69, 9.17) is 5.11 Å². The van der Waals surface area contributed by atoms with Crippen LogP contribution in [0.4, 0.5) is 0 Å². The zero-order valence-corrected chi connectivity index (χ0v) is 10.5. The maximum absolute atomic E-state index is 11.1. The van der Waals surface area contributed by atoms with E-state index in [1.165, 1.54) is 0 Å². The maximum atomic E-state index is 11.1. The molecule has 2 N–H and O–H groups in total. The topological polar surface area (TPSA) is 57.5 Å². The van der Waals surface area contributed by atoms with Gasteiger partial charge in [-0.25, -0.2) is 0 Å². The number of aromatic hydroxyl groups is 1. The summed E-state index contributed by atoms with van der Waals surface area (Å²) in [5.74, 6) is -0.266. The normalized spacial score (nSPS) is 16.4. The molecular formula is C16H16O3. The molecule has 1 unspecified atom stereocenters. The number of carboxylic acid groups (broad SMARTS) is 1. The van der Waals surface area contributed by atoms with E-state index in [0.717, 1.165) is 29.2 Å². The van der Waals surface area contributed by atoms with E-state index >= 15 is 0 Å². The van der Waals surface area contributed by atoms with Gasteiger partial charge >= 0.3 is 5.97 Å². The minimum Gasteiger partial charge on any atom is -0.508 e. The zero-order chi connectivity index (χ0) is 13.4. The lowest BCUT2D eigenvalue weighted by molar-refractivity contribution is -0.137. The van der Waals surface area contributed by atoms with Crippen LogP contribution in [0, 0.1) is 5.92 Å². The van der Waals surface area contributed by atoms with Crippen LogP contribution in [0.2, 0.25) is 0 Å². The Labute approximate surface area is 111 Å². The van der Waals surface area contributed by atoms with Crippen LogP contribution in [0.15, 0.2) is 36.4 Å². The summed E-state index contributed by atoms with van der Waals surface area (Å²) in [6.07, 6.45) is 2.20. The number of phenolic OH excluding ortho intramolecular Hbond substituents is 1. The summed E-state index contributed by atoms with van der Waals surface area (Å²) in [5.41, 5.74) is 0.808. The number of hydrogen-bond acceptors (Lipinski definition) is 2. The molecule has 3 nitrogen and oxygen atoms in total. The molecule has 3 heteroatoms. The Morgan fingerprint density at radius 3 is 2.63 bits per heavy atom. The molecule has 98 valence electrons. The standard InChI is InChI=1S/C16H16O3/c17-14-8-7-10-3-1-2-4-12(10)16(14)13(9-15(18)19)11-5-6-11/h1-4,7-8,11,13,17H,5-6,9H2,(H,18,19). The summed E-state index contributed by atoms with van der Waals surface area (Å²) in [6, 6.07) is 11.4. The first-order valence-electron chi connectivity index (χ1n) is 6.59. The van der Waals surface area contributed by atoms with E-state index in [-0.39, 0.29) is 18.1 Å². The number of benzene rings is 2. The third-order valence-electron chi connectivity index (χ3n) is 3.90. The Kier molecular flexibility index (Phi) is 2.90. The summed E-state index contributed by atoms with van der Waals surface area (Å²) >= 11 is 0. The van der Waals surface area contributed by atoms with Gasteiger partial charge in [0.05, 0.1) is 6.42 Å². The van der Waals surface area contributed by atoms with Crippen LogP contribution in [0.3, 0.4) is 0 Å². The Balaban J connectivity index is 2.15. The first-order valence-corrected chi connectivity index (χ1v) is 6.59. The van der Waals surface area contributed by atoms with Crippen molar-refractivity contribution in [2.45, 2.75) is 25.2 Å². The third-order valence-corrected chi connectivity index (χ3v) is 3.90. The highest BCUT2D eigenvalue weighted by atomic mass is 16.4. The van der Waals surface area contributed by atoms with Gasteiger partial charge in [-0.15, -0.1) is 0 Å². The molecule has 0 aliphatic heterocycles. The van der Waals surface area contributed by atoms with Crippen molar-refractivity contribution in [3.63, 3.8) is 0 Å². The van der Waals surface area contributed by atoms with E-state index in [1.807, 2.05) is 30.3 Å². The molecule has 0 saturated heterocycles. The van der Waals surface area contributed by atoms with Crippen LogP contribution >= 0.6 is 0 Å². The molecule has 0 amide bonds. The fraction of sp³-hybridized carbons (Fsp3) is 0.312. The van der Waals surface area contributed by atoms with Crippen molar-refractivity contribution in [2.75, 3.05) is 0 Å². The molecule has 0 heterocycles. The van der Waals surface area contributed by atoms with Crippen molar-refractivity contribution < 1.29 is 15.0 Å². The van der Waals surface area contributed by atoms with Gasteiger partial charge in [0.2, 0.25) is 0 Å². The molecule has 2 aromatic rings. The minimum atomic E-state index is -0.802. The SMILES string of the molecule is O=C(O)CC(c1c(O)ccc2ccccc12)C1CC1. The third kappa shape index (κ3) is 2.28. The molecule has 1 aliphatic carbocycles. The predicted octanol–water partition coefficient (Wildman–Crippen LogP) is 3.51. The number of hydrogen-bond donors (Lipinski definition) is 2. The summed E-state index contributed by atoms with van der Waals surface area (Å²) in [7, 11) is 0. The predicted molar refractivity (Wildman–Crippen MR) is 73.3 cm³/mol. The molecule has 0 radical (unpaired) electrons. The molecule has 2 aromatic carbocycles. The molecule has 0 aromatic heterocycles. The van der Waals surface area contributed by atoms with Crippen molar-refractivity contribution in [3.8, 4) is 5.75 Å². The largest absolute Gasteiger partial charge is 0.508 e. The summed E-state index contributed by atoms with van der Waals surface area (Å²) in [5, 5.41) is 21.3. The van der Waals surface area contributed by atoms with Crippen LogP contribution in [-0.4, -0.2) is 16.2 Å². The Morgan fingerprint density at radius 1 is 1.21 bits per heavy atom. The monoisotopic (exact) mass is 256 g/mol. The fourth-order valence-corrected chi connectivity index (χ4v) is 2.86. The first-order chi connectivity index (χ1) is 9.16. The molecular weight excluding hydrogens is 240 g/mol. The summed E-state index contributed by atoms with van der Waals surface area (Å²) in [4.78, 5) is 11.1. The molecule has 1 fully saturated rings. The average molecular weight is 256 g/mol. The molecule has 3 rings (SSSR count). The Hall–Kier alpha value is -2.03. The number of carbonyl (C=O) groups is 1. The lowest BCUT2D eigenvalue weighted by Gasteiger charge is -2.18. The van der Waals surface area contributed by atoms with Gasteiger partial charge in [-0.05, 0) is 35.6 Å². The van der Waals surface area contributed by atoms with Crippen LogP contribution in [0.25, 0.3) is 10.8 Å². The smallest absolute Gasteiger partial charge is 0.303 e. The van der Waals surface area contributed by atoms with Gasteiger partial charge in [0, 0.05) is 11.5 Å². The maximum Gasteiger partial charge on any atom is 0.303 e. The second kappa shape index (κ2) is 4.57. The molecule has 1 saturated carbocycles. The van der Waals surface area contributed by atoms with Gasteiger partial charge in [0.25, 0.3) is 0 Å². The molecule has 19 heavy (non-hydrogen) atoms. The van der Waals surface area contributed by atoms with Crippen molar-refractivity contribution in [1.29, 1.82) is 0 Å². The second-order valence-electron chi connectivity index (χ2n) is 5.26. The van der Waals surface area contributed by atoms with E-state index in [9.17, 15) is 9.90 Å². The molecule has 1 aliphatic rings. The van der Waals surface area contributed by atoms with E-state index in [0.29, 0.717) is 5.92 Å². The van der Waals surface area contributed by atoms with Crippen molar-refractivity contribution in [2.24, 2.45) is 5.92 Å². The van der Waals surface area contributed by atoms with Gasteiger partial charge in [-0.2, -0.15) is 0 Å². The van der Waals surface area contributed by atoms with Crippen LogP contribution < -0.4 is 0 Å². The van der Waals surface area contributed by atoms with Gasteiger partial charge < -0.3 is 10.2 Å². The zero-order valence-electron chi connectivity index (χ0n) is 10.5. The molecule has 1 atom stereocenters. The van der Waals surface area contributed by atoms with Crippen LogP contribution in [-0.2, 0) is 4.79 Å². The highest BCUT2D eigenvalue weighted by molar-refractivity contribution is 5.88. The van der Waals surface area contributed by atoms with Gasteiger partial charge in [0.15, 0.2) is 0 Å². The molecule has 0 spiro atoms. The summed E-state index contributed by atoms with van der Waals surface area (Å²) < 4.78 is 0. The van der Waals surface area contributed by atoms with E-state index in [1.54, 1.807) is 6.07 Å². The van der Waals surface area contributed by atoms with Crippen LogP contribution in [0.5, 0.6) is 5.75 Å².